The second-order valence-corrected chi connectivity index (χ2v) is 5.63. The molecular weight excluding hydrogens is 292 g/mol. The minimum atomic E-state index is -1.56. The second-order valence-electron chi connectivity index (χ2n) is 5.63. The maximum atomic E-state index is 12.7. The number of rotatable bonds is 3. The van der Waals surface area contributed by atoms with Crippen LogP contribution in [0.3, 0.4) is 0 Å². The van der Waals surface area contributed by atoms with Crippen LogP contribution in [-0.2, 0) is 4.84 Å². The van der Waals surface area contributed by atoms with E-state index in [0.717, 1.165) is 10.6 Å². The molecule has 0 unspecified atom stereocenters. The van der Waals surface area contributed by atoms with Crippen LogP contribution in [0.2, 0.25) is 0 Å². The standard InChI is InChI=1S/C18H18N2O3/c1-13-16(14-9-5-3-6-10-14)19-23-18(2,20(13)22)17(21)15-11-7-4-8-12-15/h3-13,22H,1-2H3/t13-,18+/m1/s1. The van der Waals surface area contributed by atoms with Crippen molar-refractivity contribution in [2.45, 2.75) is 25.6 Å². The van der Waals surface area contributed by atoms with E-state index in [4.69, 9.17) is 4.84 Å². The van der Waals surface area contributed by atoms with E-state index in [0.29, 0.717) is 11.3 Å². The van der Waals surface area contributed by atoms with Gasteiger partial charge in [0.2, 0.25) is 5.78 Å². The van der Waals surface area contributed by atoms with Crippen LogP contribution in [0.5, 0.6) is 0 Å². The third-order valence-electron chi connectivity index (χ3n) is 4.05. The second kappa shape index (κ2) is 5.95. The molecule has 23 heavy (non-hydrogen) atoms. The molecule has 0 radical (unpaired) electrons. The van der Waals surface area contributed by atoms with Gasteiger partial charge in [0, 0.05) is 18.1 Å². The van der Waals surface area contributed by atoms with Gasteiger partial charge in [0.1, 0.15) is 5.71 Å². The van der Waals surface area contributed by atoms with Crippen molar-refractivity contribution in [3.05, 3.63) is 71.8 Å². The fourth-order valence-electron chi connectivity index (χ4n) is 2.65. The minimum Gasteiger partial charge on any atom is -0.362 e. The van der Waals surface area contributed by atoms with Crippen molar-refractivity contribution in [3.8, 4) is 0 Å². The van der Waals surface area contributed by atoms with Gasteiger partial charge in [0.25, 0.3) is 5.72 Å². The summed E-state index contributed by atoms with van der Waals surface area (Å²) in [4.78, 5) is 18.2. The van der Waals surface area contributed by atoms with Gasteiger partial charge in [-0.3, -0.25) is 4.79 Å². The van der Waals surface area contributed by atoms with E-state index < -0.39 is 11.8 Å². The third kappa shape index (κ3) is 2.65. The fraction of sp³-hybridized carbons (Fsp3) is 0.222. The van der Waals surface area contributed by atoms with Gasteiger partial charge in [0.15, 0.2) is 0 Å². The predicted octanol–water partition coefficient (Wildman–Crippen LogP) is 3.10. The molecule has 0 saturated carbocycles. The summed E-state index contributed by atoms with van der Waals surface area (Å²) in [5.41, 5.74) is 0.318. The summed E-state index contributed by atoms with van der Waals surface area (Å²) in [6.45, 7) is 3.30. The zero-order chi connectivity index (χ0) is 16.4. The molecule has 1 heterocycles. The first-order chi connectivity index (χ1) is 11.0. The van der Waals surface area contributed by atoms with Crippen LogP contribution in [0.15, 0.2) is 65.8 Å². The van der Waals surface area contributed by atoms with Crippen LogP contribution in [0.1, 0.15) is 29.8 Å². The molecule has 0 aliphatic carbocycles. The minimum absolute atomic E-state index is 0.344. The first-order valence-corrected chi connectivity index (χ1v) is 7.43. The Morgan fingerprint density at radius 2 is 1.70 bits per heavy atom. The van der Waals surface area contributed by atoms with Gasteiger partial charge in [0.05, 0.1) is 6.04 Å². The molecule has 2 atom stereocenters. The zero-order valence-corrected chi connectivity index (χ0v) is 13.0. The molecule has 2 aromatic carbocycles. The Morgan fingerprint density at radius 1 is 1.13 bits per heavy atom. The highest BCUT2D eigenvalue weighted by atomic mass is 16.7. The Morgan fingerprint density at radius 3 is 2.30 bits per heavy atom. The van der Waals surface area contributed by atoms with Crippen LogP contribution in [-0.4, -0.2) is 33.5 Å². The summed E-state index contributed by atoms with van der Waals surface area (Å²) in [5, 5.41) is 15.6. The Hall–Kier alpha value is -2.50. The van der Waals surface area contributed by atoms with Crippen molar-refractivity contribution in [3.63, 3.8) is 0 Å². The number of benzene rings is 2. The summed E-state index contributed by atoms with van der Waals surface area (Å²) in [6, 6.07) is 17.7. The normalized spacial score (nSPS) is 24.7. The number of hydrogen-bond donors (Lipinski definition) is 1. The average molecular weight is 310 g/mol. The van der Waals surface area contributed by atoms with Gasteiger partial charge in [-0.25, -0.2) is 0 Å². The molecule has 1 aliphatic rings. The van der Waals surface area contributed by atoms with Crippen LogP contribution in [0.4, 0.5) is 0 Å². The highest BCUT2D eigenvalue weighted by molar-refractivity contribution is 6.06. The monoisotopic (exact) mass is 310 g/mol. The average Bonchev–Trinajstić information content (AvgIpc) is 2.61. The van der Waals surface area contributed by atoms with Crippen molar-refractivity contribution < 1.29 is 14.8 Å². The van der Waals surface area contributed by atoms with Crippen LogP contribution >= 0.6 is 0 Å². The molecule has 3 rings (SSSR count). The lowest BCUT2D eigenvalue weighted by Gasteiger charge is -2.40. The maximum Gasteiger partial charge on any atom is 0.272 e. The Labute approximate surface area is 134 Å². The highest BCUT2D eigenvalue weighted by Crippen LogP contribution is 2.29. The van der Waals surface area contributed by atoms with Gasteiger partial charge >= 0.3 is 0 Å². The quantitative estimate of drug-likeness (QED) is 0.885. The molecule has 0 amide bonds. The molecular formula is C18H18N2O3. The van der Waals surface area contributed by atoms with Crippen LogP contribution in [0, 0.1) is 0 Å². The van der Waals surface area contributed by atoms with E-state index in [2.05, 4.69) is 5.16 Å². The van der Waals surface area contributed by atoms with Crippen molar-refractivity contribution in [2.75, 3.05) is 0 Å². The molecule has 5 nitrogen and oxygen atoms in total. The van der Waals surface area contributed by atoms with Crippen molar-refractivity contribution in [1.29, 1.82) is 0 Å². The molecule has 0 aromatic heterocycles. The van der Waals surface area contributed by atoms with Crippen molar-refractivity contribution >= 4 is 11.5 Å². The van der Waals surface area contributed by atoms with E-state index >= 15 is 0 Å². The summed E-state index contributed by atoms with van der Waals surface area (Å²) in [5.74, 6) is -0.344. The predicted molar refractivity (Wildman–Crippen MR) is 86.3 cm³/mol. The lowest BCUT2D eigenvalue weighted by Crippen LogP contribution is -2.60. The maximum absolute atomic E-state index is 12.7. The Kier molecular flexibility index (Phi) is 3.98. The number of carbonyl (C=O) groups is 1. The van der Waals surface area contributed by atoms with E-state index in [9.17, 15) is 10.0 Å². The molecule has 0 fully saturated rings. The summed E-state index contributed by atoms with van der Waals surface area (Å²) < 4.78 is 0. The van der Waals surface area contributed by atoms with Gasteiger partial charge in [-0.05, 0) is 6.92 Å². The Balaban J connectivity index is 1.95. The molecule has 1 N–H and O–H groups in total. The fourth-order valence-corrected chi connectivity index (χ4v) is 2.65. The largest absolute Gasteiger partial charge is 0.362 e. The van der Waals surface area contributed by atoms with Gasteiger partial charge in [-0.15, -0.1) is 5.06 Å². The molecule has 5 heteroatoms. The van der Waals surface area contributed by atoms with E-state index in [1.165, 1.54) is 6.92 Å². The van der Waals surface area contributed by atoms with Crippen LogP contribution in [0.25, 0.3) is 0 Å². The summed E-state index contributed by atoms with van der Waals surface area (Å²) in [6.07, 6.45) is 0. The summed E-state index contributed by atoms with van der Waals surface area (Å²) in [7, 11) is 0. The highest BCUT2D eigenvalue weighted by Gasteiger charge is 2.49. The zero-order valence-electron chi connectivity index (χ0n) is 13.0. The SMILES string of the molecule is C[C@@H]1C(c2ccccc2)=NO[C@@](C)(C(=O)c2ccccc2)N1O. The lowest BCUT2D eigenvalue weighted by atomic mass is 9.97. The number of hydroxylamine groups is 2. The number of ketones is 1. The number of carbonyl (C=O) groups excluding carboxylic acids is 1. The van der Waals surface area contributed by atoms with E-state index in [-0.39, 0.29) is 5.78 Å². The molecule has 118 valence electrons. The van der Waals surface area contributed by atoms with Crippen molar-refractivity contribution in [1.82, 2.24) is 5.06 Å². The number of oxime groups is 1. The van der Waals surface area contributed by atoms with Gasteiger partial charge in [-0.2, -0.15) is 0 Å². The first-order valence-electron chi connectivity index (χ1n) is 7.43. The molecule has 1 aliphatic heterocycles. The Bertz CT molecular complexity index is 730. The van der Waals surface area contributed by atoms with Gasteiger partial charge < -0.3 is 10.0 Å². The third-order valence-corrected chi connectivity index (χ3v) is 4.05. The smallest absolute Gasteiger partial charge is 0.272 e. The first kappa shape index (κ1) is 15.4. The van der Waals surface area contributed by atoms with Crippen LogP contribution < -0.4 is 0 Å². The number of nitrogens with zero attached hydrogens (tertiary/aromatic N) is 2. The number of hydrogen-bond acceptors (Lipinski definition) is 5. The molecule has 0 saturated heterocycles. The number of Topliss-reactive ketones (excluding diaryl/α,β-unsaturated/α-hetero) is 1. The topological polar surface area (TPSA) is 62.1 Å². The lowest BCUT2D eigenvalue weighted by molar-refractivity contribution is -0.266. The molecule has 2 aromatic rings. The molecule has 0 spiro atoms. The van der Waals surface area contributed by atoms with E-state index in [1.807, 2.05) is 36.4 Å². The van der Waals surface area contributed by atoms with Crippen molar-refractivity contribution in [2.24, 2.45) is 5.16 Å². The van der Waals surface area contributed by atoms with E-state index in [1.54, 1.807) is 31.2 Å². The van der Waals surface area contributed by atoms with Gasteiger partial charge in [-0.1, -0.05) is 65.8 Å². The summed E-state index contributed by atoms with van der Waals surface area (Å²) >= 11 is 0. The molecule has 0 bridgehead atoms.